The quantitative estimate of drug-likeness (QED) is 0.915. The summed E-state index contributed by atoms with van der Waals surface area (Å²) in [5.74, 6) is 0.318. The molecule has 0 unspecified atom stereocenters. The Labute approximate surface area is 129 Å². The van der Waals surface area contributed by atoms with E-state index >= 15 is 0 Å². The number of carbonyl (C=O) groups is 1. The molecule has 1 amide bonds. The van der Waals surface area contributed by atoms with Gasteiger partial charge >= 0.3 is 0 Å². The lowest BCUT2D eigenvalue weighted by atomic mass is 10.1. The summed E-state index contributed by atoms with van der Waals surface area (Å²) in [6, 6.07) is 11.3. The highest BCUT2D eigenvalue weighted by Gasteiger charge is 2.09. The summed E-state index contributed by atoms with van der Waals surface area (Å²) in [4.78, 5) is 12.0. The fourth-order valence-electron chi connectivity index (χ4n) is 2.05. The van der Waals surface area contributed by atoms with Crippen molar-refractivity contribution in [2.75, 3.05) is 11.9 Å². The number of ether oxygens (including phenoxy) is 1. The van der Waals surface area contributed by atoms with Crippen LogP contribution in [0.2, 0.25) is 5.02 Å². The second-order valence-corrected chi connectivity index (χ2v) is 5.44. The third kappa shape index (κ3) is 3.99. The standard InChI is InChI=1S/C17H18ClNO2/c1-11-7-8-14(18)15(9-11)21-10-16(20)19-17-12(2)5-4-6-13(17)3/h4-9H,10H2,1-3H3,(H,19,20). The van der Waals surface area contributed by atoms with Crippen LogP contribution >= 0.6 is 11.6 Å². The Balaban J connectivity index is 2.01. The second-order valence-electron chi connectivity index (χ2n) is 5.04. The van der Waals surface area contributed by atoms with Crippen molar-refractivity contribution >= 4 is 23.2 Å². The number of anilines is 1. The van der Waals surface area contributed by atoms with E-state index < -0.39 is 0 Å². The highest BCUT2D eigenvalue weighted by atomic mass is 35.5. The summed E-state index contributed by atoms with van der Waals surface area (Å²) in [5.41, 5.74) is 3.92. The van der Waals surface area contributed by atoms with Crippen molar-refractivity contribution in [3.8, 4) is 5.75 Å². The molecule has 0 bridgehead atoms. The number of rotatable bonds is 4. The summed E-state index contributed by atoms with van der Waals surface area (Å²) in [5, 5.41) is 3.38. The first-order valence-corrected chi connectivity index (χ1v) is 7.10. The van der Waals surface area contributed by atoms with Crippen molar-refractivity contribution in [1.29, 1.82) is 0 Å². The van der Waals surface area contributed by atoms with Crippen LogP contribution in [0.4, 0.5) is 5.69 Å². The Bertz CT molecular complexity index is 648. The molecule has 21 heavy (non-hydrogen) atoms. The summed E-state index contributed by atoms with van der Waals surface area (Å²) >= 11 is 6.03. The maximum Gasteiger partial charge on any atom is 0.262 e. The Hall–Kier alpha value is -2.00. The van der Waals surface area contributed by atoms with Gasteiger partial charge in [-0.15, -0.1) is 0 Å². The number of halogens is 1. The molecule has 2 aromatic carbocycles. The molecule has 2 rings (SSSR count). The van der Waals surface area contributed by atoms with Gasteiger partial charge in [-0.05, 0) is 49.6 Å². The number of hydrogen-bond acceptors (Lipinski definition) is 2. The Morgan fingerprint density at radius 1 is 1.14 bits per heavy atom. The normalized spacial score (nSPS) is 10.3. The van der Waals surface area contributed by atoms with Gasteiger partial charge in [-0.3, -0.25) is 4.79 Å². The summed E-state index contributed by atoms with van der Waals surface area (Å²) < 4.78 is 5.49. The zero-order chi connectivity index (χ0) is 15.4. The van der Waals surface area contributed by atoms with E-state index in [0.717, 1.165) is 22.4 Å². The summed E-state index contributed by atoms with van der Waals surface area (Å²) in [6.45, 7) is 5.79. The predicted octanol–water partition coefficient (Wildman–Crippen LogP) is 4.28. The van der Waals surface area contributed by atoms with Crippen LogP contribution in [0, 0.1) is 20.8 Å². The van der Waals surface area contributed by atoms with Gasteiger partial charge in [-0.1, -0.05) is 35.9 Å². The minimum absolute atomic E-state index is 0.0725. The Kier molecular flexibility index (Phi) is 4.86. The molecule has 110 valence electrons. The average molecular weight is 304 g/mol. The van der Waals surface area contributed by atoms with Gasteiger partial charge < -0.3 is 10.1 Å². The number of hydrogen-bond donors (Lipinski definition) is 1. The number of aryl methyl sites for hydroxylation is 3. The van der Waals surface area contributed by atoms with E-state index in [1.807, 2.05) is 51.1 Å². The first-order chi connectivity index (χ1) is 9.97. The molecule has 3 nitrogen and oxygen atoms in total. The van der Waals surface area contributed by atoms with Gasteiger partial charge in [-0.2, -0.15) is 0 Å². The molecule has 0 radical (unpaired) electrons. The SMILES string of the molecule is Cc1ccc(Cl)c(OCC(=O)Nc2c(C)cccc2C)c1. The van der Waals surface area contributed by atoms with Gasteiger partial charge in [0.2, 0.25) is 0 Å². The molecule has 0 spiro atoms. The molecule has 4 heteroatoms. The van der Waals surface area contributed by atoms with Crippen molar-refractivity contribution in [3.63, 3.8) is 0 Å². The smallest absolute Gasteiger partial charge is 0.262 e. The molecule has 1 N–H and O–H groups in total. The molecule has 0 fully saturated rings. The lowest BCUT2D eigenvalue weighted by molar-refractivity contribution is -0.118. The molecule has 0 aromatic heterocycles. The second kappa shape index (κ2) is 6.64. The van der Waals surface area contributed by atoms with Gasteiger partial charge in [0.05, 0.1) is 5.02 Å². The third-order valence-corrected chi connectivity index (χ3v) is 3.50. The van der Waals surface area contributed by atoms with Crippen molar-refractivity contribution in [1.82, 2.24) is 0 Å². The highest BCUT2D eigenvalue weighted by molar-refractivity contribution is 6.32. The van der Waals surface area contributed by atoms with E-state index in [1.54, 1.807) is 6.07 Å². The third-order valence-electron chi connectivity index (χ3n) is 3.19. The molecular formula is C17H18ClNO2. The van der Waals surface area contributed by atoms with Crippen LogP contribution in [0.15, 0.2) is 36.4 Å². The molecule has 0 saturated heterocycles. The van der Waals surface area contributed by atoms with Gasteiger partial charge in [0.1, 0.15) is 5.75 Å². The van der Waals surface area contributed by atoms with Crippen LogP contribution in [0.3, 0.4) is 0 Å². The minimum atomic E-state index is -0.204. The fraction of sp³-hybridized carbons (Fsp3) is 0.235. The molecule has 0 aliphatic rings. The van der Waals surface area contributed by atoms with Crippen molar-refractivity contribution in [3.05, 3.63) is 58.1 Å². The molecule has 0 aliphatic heterocycles. The van der Waals surface area contributed by atoms with E-state index in [0.29, 0.717) is 10.8 Å². The molecule has 2 aromatic rings. The number of amides is 1. The van der Waals surface area contributed by atoms with Crippen molar-refractivity contribution < 1.29 is 9.53 Å². The predicted molar refractivity (Wildman–Crippen MR) is 86.2 cm³/mol. The molecule has 0 aliphatic carbocycles. The largest absolute Gasteiger partial charge is 0.482 e. The number of nitrogens with one attached hydrogen (secondary N) is 1. The summed E-state index contributed by atoms with van der Waals surface area (Å²) in [7, 11) is 0. The highest BCUT2D eigenvalue weighted by Crippen LogP contribution is 2.25. The van der Waals surface area contributed by atoms with Gasteiger partial charge in [0.25, 0.3) is 5.91 Å². The van der Waals surface area contributed by atoms with E-state index in [1.165, 1.54) is 0 Å². The topological polar surface area (TPSA) is 38.3 Å². The average Bonchev–Trinajstić information content (AvgIpc) is 2.44. The zero-order valence-electron chi connectivity index (χ0n) is 12.4. The monoisotopic (exact) mass is 303 g/mol. The Morgan fingerprint density at radius 3 is 2.48 bits per heavy atom. The Morgan fingerprint density at radius 2 is 1.81 bits per heavy atom. The fourth-order valence-corrected chi connectivity index (χ4v) is 2.22. The first-order valence-electron chi connectivity index (χ1n) is 6.72. The van der Waals surface area contributed by atoms with Crippen LogP contribution in [0.25, 0.3) is 0 Å². The molecular weight excluding hydrogens is 286 g/mol. The van der Waals surface area contributed by atoms with Crippen molar-refractivity contribution in [2.24, 2.45) is 0 Å². The maximum absolute atomic E-state index is 12.0. The van der Waals surface area contributed by atoms with Crippen LogP contribution in [-0.4, -0.2) is 12.5 Å². The first kappa shape index (κ1) is 15.4. The van der Waals surface area contributed by atoms with Crippen molar-refractivity contribution in [2.45, 2.75) is 20.8 Å². The van der Waals surface area contributed by atoms with Gasteiger partial charge in [0.15, 0.2) is 6.61 Å². The minimum Gasteiger partial charge on any atom is -0.482 e. The van der Waals surface area contributed by atoms with Crippen LogP contribution < -0.4 is 10.1 Å². The maximum atomic E-state index is 12.0. The van der Waals surface area contributed by atoms with Crippen LogP contribution in [0.1, 0.15) is 16.7 Å². The number of para-hydroxylation sites is 1. The lowest BCUT2D eigenvalue weighted by Crippen LogP contribution is -2.21. The van der Waals surface area contributed by atoms with Gasteiger partial charge in [-0.25, -0.2) is 0 Å². The zero-order valence-corrected chi connectivity index (χ0v) is 13.1. The summed E-state index contributed by atoms with van der Waals surface area (Å²) in [6.07, 6.45) is 0. The molecule has 0 saturated carbocycles. The van der Waals surface area contributed by atoms with E-state index in [9.17, 15) is 4.79 Å². The molecule has 0 atom stereocenters. The van der Waals surface area contributed by atoms with Crippen LogP contribution in [-0.2, 0) is 4.79 Å². The van der Waals surface area contributed by atoms with E-state index in [4.69, 9.17) is 16.3 Å². The van der Waals surface area contributed by atoms with Gasteiger partial charge in [0, 0.05) is 5.69 Å². The molecule has 0 heterocycles. The van der Waals surface area contributed by atoms with Crippen LogP contribution in [0.5, 0.6) is 5.75 Å². The number of carbonyl (C=O) groups excluding carboxylic acids is 1. The number of benzene rings is 2. The van der Waals surface area contributed by atoms with E-state index in [2.05, 4.69) is 5.32 Å². The lowest BCUT2D eigenvalue weighted by Gasteiger charge is -2.12. The van der Waals surface area contributed by atoms with E-state index in [-0.39, 0.29) is 12.5 Å².